The van der Waals surface area contributed by atoms with Gasteiger partial charge >= 0.3 is 5.97 Å². The second kappa shape index (κ2) is 5.03. The predicted molar refractivity (Wildman–Crippen MR) is 64.1 cm³/mol. The van der Waals surface area contributed by atoms with Gasteiger partial charge in [-0.05, 0) is 20.8 Å². The van der Waals surface area contributed by atoms with Gasteiger partial charge in [0.25, 0.3) is 0 Å². The molecule has 6 nitrogen and oxygen atoms in total. The number of ketones is 1. The summed E-state index contributed by atoms with van der Waals surface area (Å²) in [6, 6.07) is 0. The van der Waals surface area contributed by atoms with E-state index in [2.05, 4.69) is 6.58 Å². The molecule has 2 heterocycles. The van der Waals surface area contributed by atoms with Crippen LogP contribution < -0.4 is 0 Å². The first kappa shape index (κ1) is 14.2. The van der Waals surface area contributed by atoms with Crippen LogP contribution in [0.1, 0.15) is 27.2 Å². The van der Waals surface area contributed by atoms with Crippen LogP contribution in [0.25, 0.3) is 0 Å². The van der Waals surface area contributed by atoms with Gasteiger partial charge in [-0.1, -0.05) is 6.58 Å². The first-order valence-corrected chi connectivity index (χ1v) is 6.25. The molecule has 2 aliphatic heterocycles. The van der Waals surface area contributed by atoms with Crippen LogP contribution in [0, 0.1) is 0 Å². The Labute approximate surface area is 111 Å². The maximum atomic E-state index is 12.0. The Morgan fingerprint density at radius 1 is 1.37 bits per heavy atom. The highest BCUT2D eigenvalue weighted by Crippen LogP contribution is 2.37. The number of carbonyl (C=O) groups excluding carboxylic acids is 2. The molecule has 2 rings (SSSR count). The summed E-state index contributed by atoms with van der Waals surface area (Å²) in [6.45, 7) is 8.88. The van der Waals surface area contributed by atoms with Gasteiger partial charge in [-0.3, -0.25) is 4.79 Å². The minimum Gasteiger partial charge on any atom is -0.462 e. The molecular formula is C13H18O6. The van der Waals surface area contributed by atoms with E-state index in [-0.39, 0.29) is 18.3 Å². The minimum absolute atomic E-state index is 0.197. The summed E-state index contributed by atoms with van der Waals surface area (Å²) in [5.41, 5.74) is -0.203. The molecule has 0 N–H and O–H groups in total. The zero-order valence-corrected chi connectivity index (χ0v) is 11.3. The van der Waals surface area contributed by atoms with Crippen LogP contribution in [0.15, 0.2) is 12.2 Å². The molecule has 106 valence electrons. The molecule has 0 saturated carbocycles. The topological polar surface area (TPSA) is 71.1 Å². The van der Waals surface area contributed by atoms with Crippen LogP contribution >= 0.6 is 0 Å². The van der Waals surface area contributed by atoms with Crippen molar-refractivity contribution in [3.8, 4) is 0 Å². The van der Waals surface area contributed by atoms with E-state index in [1.807, 2.05) is 0 Å². The third kappa shape index (κ3) is 2.86. The van der Waals surface area contributed by atoms with E-state index in [4.69, 9.17) is 18.9 Å². The van der Waals surface area contributed by atoms with Crippen molar-refractivity contribution >= 4 is 11.8 Å². The van der Waals surface area contributed by atoms with E-state index in [0.717, 1.165) is 0 Å². The molecule has 0 unspecified atom stereocenters. The lowest BCUT2D eigenvalue weighted by atomic mass is 10.0. The third-order valence-electron chi connectivity index (χ3n) is 3.00. The van der Waals surface area contributed by atoms with Crippen molar-refractivity contribution in [2.24, 2.45) is 0 Å². The Bertz CT molecular complexity index is 397. The number of esters is 1. The van der Waals surface area contributed by atoms with Gasteiger partial charge in [0.1, 0.15) is 12.2 Å². The van der Waals surface area contributed by atoms with Gasteiger partial charge in [-0.25, -0.2) is 4.79 Å². The highest BCUT2D eigenvalue weighted by molar-refractivity contribution is 6.18. The molecule has 3 atom stereocenters. The summed E-state index contributed by atoms with van der Waals surface area (Å²) >= 11 is 0. The fourth-order valence-corrected chi connectivity index (χ4v) is 2.19. The Hall–Kier alpha value is -1.24. The van der Waals surface area contributed by atoms with E-state index < -0.39 is 29.9 Å². The van der Waals surface area contributed by atoms with Crippen LogP contribution in [0.2, 0.25) is 0 Å². The molecule has 0 spiro atoms. The predicted octanol–water partition coefficient (Wildman–Crippen LogP) is 0.941. The molecular weight excluding hydrogens is 252 g/mol. The summed E-state index contributed by atoms with van der Waals surface area (Å²) in [5, 5.41) is 0. The average molecular weight is 270 g/mol. The van der Waals surface area contributed by atoms with Crippen LogP contribution in [-0.2, 0) is 28.5 Å². The lowest BCUT2D eigenvalue weighted by Crippen LogP contribution is -2.30. The molecule has 0 radical (unpaired) electrons. The summed E-state index contributed by atoms with van der Waals surface area (Å²) in [4.78, 5) is 23.4. The number of Topliss-reactive ketones (excluding diaryl/α,β-unsaturated/α-hetero) is 1. The SMILES string of the molecule is C=C(C(=O)OCC)C(=O)[C@@H]1C[C@H]2OC(C)(C)O[C@H]2O1. The van der Waals surface area contributed by atoms with Gasteiger partial charge in [-0.2, -0.15) is 0 Å². The zero-order chi connectivity index (χ0) is 14.2. The first-order chi connectivity index (χ1) is 8.84. The molecule has 0 amide bonds. The standard InChI is InChI=1S/C13H18O6/c1-5-16-11(15)7(2)10(14)8-6-9-12(17-8)19-13(3,4)18-9/h8-9,12H,2,5-6H2,1,3-4H3/t8-,9+,12+/m0/s1. The van der Waals surface area contributed by atoms with Crippen molar-refractivity contribution in [2.45, 2.75) is 51.5 Å². The molecule has 2 fully saturated rings. The van der Waals surface area contributed by atoms with E-state index in [0.29, 0.717) is 6.42 Å². The van der Waals surface area contributed by atoms with Crippen molar-refractivity contribution < 1.29 is 28.5 Å². The van der Waals surface area contributed by atoms with Gasteiger partial charge in [0.15, 0.2) is 17.9 Å². The van der Waals surface area contributed by atoms with Crippen LogP contribution in [-0.4, -0.2) is 42.6 Å². The van der Waals surface area contributed by atoms with Gasteiger partial charge < -0.3 is 18.9 Å². The maximum Gasteiger partial charge on any atom is 0.341 e. The number of rotatable bonds is 4. The Balaban J connectivity index is 1.94. The van der Waals surface area contributed by atoms with E-state index >= 15 is 0 Å². The molecule has 19 heavy (non-hydrogen) atoms. The molecule has 0 aliphatic carbocycles. The maximum absolute atomic E-state index is 12.0. The lowest BCUT2D eigenvalue weighted by molar-refractivity contribution is -0.204. The molecule has 0 aromatic heterocycles. The van der Waals surface area contributed by atoms with Crippen molar-refractivity contribution in [3.05, 3.63) is 12.2 Å². The van der Waals surface area contributed by atoms with Crippen molar-refractivity contribution in [1.82, 2.24) is 0 Å². The van der Waals surface area contributed by atoms with Crippen molar-refractivity contribution in [3.63, 3.8) is 0 Å². The lowest BCUT2D eigenvalue weighted by Gasteiger charge is -2.20. The van der Waals surface area contributed by atoms with Gasteiger partial charge in [0.2, 0.25) is 0 Å². The van der Waals surface area contributed by atoms with E-state index in [1.165, 1.54) is 0 Å². The van der Waals surface area contributed by atoms with Crippen molar-refractivity contribution in [2.75, 3.05) is 6.61 Å². The van der Waals surface area contributed by atoms with E-state index in [9.17, 15) is 9.59 Å². The molecule has 2 saturated heterocycles. The summed E-state index contributed by atoms with van der Waals surface area (Å²) in [6.07, 6.45) is -1.27. The van der Waals surface area contributed by atoms with Gasteiger partial charge in [0, 0.05) is 6.42 Å². The number of ether oxygens (including phenoxy) is 4. The van der Waals surface area contributed by atoms with Crippen LogP contribution in [0.4, 0.5) is 0 Å². The van der Waals surface area contributed by atoms with E-state index in [1.54, 1.807) is 20.8 Å². The second-order valence-corrected chi connectivity index (χ2v) is 4.97. The van der Waals surface area contributed by atoms with Gasteiger partial charge in [-0.15, -0.1) is 0 Å². The fourth-order valence-electron chi connectivity index (χ4n) is 2.19. The third-order valence-corrected chi connectivity index (χ3v) is 3.00. The zero-order valence-electron chi connectivity index (χ0n) is 11.3. The molecule has 0 aromatic rings. The largest absolute Gasteiger partial charge is 0.462 e. The van der Waals surface area contributed by atoms with Crippen LogP contribution in [0.3, 0.4) is 0 Å². The smallest absolute Gasteiger partial charge is 0.341 e. The number of carbonyl (C=O) groups is 2. The summed E-state index contributed by atoms with van der Waals surface area (Å²) < 4.78 is 21.3. The molecule has 2 aliphatic rings. The van der Waals surface area contributed by atoms with Crippen molar-refractivity contribution in [1.29, 1.82) is 0 Å². The monoisotopic (exact) mass is 270 g/mol. The minimum atomic E-state index is -0.761. The van der Waals surface area contributed by atoms with Crippen LogP contribution in [0.5, 0.6) is 0 Å². The quantitative estimate of drug-likeness (QED) is 0.328. The number of fused-ring (bicyclic) bond motifs is 1. The Morgan fingerprint density at radius 3 is 2.63 bits per heavy atom. The number of hydrogen-bond donors (Lipinski definition) is 0. The molecule has 0 bridgehead atoms. The highest BCUT2D eigenvalue weighted by Gasteiger charge is 2.50. The van der Waals surface area contributed by atoms with Gasteiger partial charge in [0.05, 0.1) is 12.2 Å². The normalized spacial score (nSPS) is 31.8. The summed E-state index contributed by atoms with van der Waals surface area (Å²) in [5.74, 6) is -1.89. The molecule has 6 heteroatoms. The molecule has 0 aromatic carbocycles. The Morgan fingerprint density at radius 2 is 2.05 bits per heavy atom. The average Bonchev–Trinajstić information content (AvgIpc) is 2.80. The highest BCUT2D eigenvalue weighted by atomic mass is 16.8. The summed E-state index contributed by atoms with van der Waals surface area (Å²) in [7, 11) is 0. The second-order valence-electron chi connectivity index (χ2n) is 4.97. The Kier molecular flexibility index (Phi) is 3.75. The number of hydrogen-bond acceptors (Lipinski definition) is 6. The first-order valence-electron chi connectivity index (χ1n) is 6.25. The fraction of sp³-hybridized carbons (Fsp3) is 0.692.